The van der Waals surface area contributed by atoms with E-state index in [-0.39, 0.29) is 48.9 Å². The Bertz CT molecular complexity index is 1290. The van der Waals surface area contributed by atoms with E-state index in [1.54, 1.807) is 13.2 Å². The molecule has 2 aromatic rings. The molecule has 41 heavy (non-hydrogen) atoms. The highest BCUT2D eigenvalue weighted by atomic mass is 16.5. The molecule has 1 amide bonds. The molecule has 1 saturated heterocycles. The molecular formula is C31H40N2O8. The van der Waals surface area contributed by atoms with E-state index in [2.05, 4.69) is 11.0 Å². The molecule has 3 atom stereocenters. The average molecular weight is 569 g/mol. The van der Waals surface area contributed by atoms with Crippen molar-refractivity contribution < 1.29 is 39.5 Å². The minimum absolute atomic E-state index is 0.0294. The molecule has 2 unspecified atom stereocenters. The Labute approximate surface area is 239 Å². The highest BCUT2D eigenvalue weighted by Gasteiger charge is 2.45. The maximum absolute atomic E-state index is 13.4. The minimum Gasteiger partial charge on any atom is -0.507 e. The summed E-state index contributed by atoms with van der Waals surface area (Å²) in [4.78, 5) is 39.9. The van der Waals surface area contributed by atoms with Crippen molar-refractivity contribution in [1.29, 1.82) is 0 Å². The number of ether oxygens (including phenoxy) is 1. The van der Waals surface area contributed by atoms with Crippen LogP contribution in [0.2, 0.25) is 0 Å². The molecule has 1 aliphatic carbocycles. The number of hydrogen-bond donors (Lipinski definition) is 5. The van der Waals surface area contributed by atoms with Crippen LogP contribution >= 0.6 is 0 Å². The summed E-state index contributed by atoms with van der Waals surface area (Å²) in [5.74, 6) is -2.93. The number of ketones is 2. The quantitative estimate of drug-likeness (QED) is 0.227. The highest BCUT2D eigenvalue weighted by Crippen LogP contribution is 2.44. The second-order valence-corrected chi connectivity index (χ2v) is 11.3. The third-order valence-corrected chi connectivity index (χ3v) is 8.53. The van der Waals surface area contributed by atoms with Gasteiger partial charge in [0.2, 0.25) is 5.91 Å². The molecule has 0 aromatic heterocycles. The lowest BCUT2D eigenvalue weighted by Gasteiger charge is -2.36. The number of amides is 1. The zero-order chi connectivity index (χ0) is 29.7. The number of phenols is 1. The van der Waals surface area contributed by atoms with Crippen LogP contribution in [0, 0.1) is 11.8 Å². The van der Waals surface area contributed by atoms with E-state index in [0.717, 1.165) is 36.3 Å². The van der Waals surface area contributed by atoms with E-state index in [9.17, 15) is 34.8 Å². The third-order valence-electron chi connectivity index (χ3n) is 8.53. The lowest BCUT2D eigenvalue weighted by Crippen LogP contribution is -2.51. The van der Waals surface area contributed by atoms with Crippen LogP contribution in [0.15, 0.2) is 30.3 Å². The van der Waals surface area contributed by atoms with Crippen LogP contribution in [0.5, 0.6) is 11.5 Å². The maximum atomic E-state index is 13.4. The number of Topliss-reactive ketones (excluding diaryl/α,β-unsaturated/α-hetero) is 2. The molecule has 222 valence electrons. The third kappa shape index (κ3) is 6.62. The van der Waals surface area contributed by atoms with E-state index in [4.69, 9.17) is 10.5 Å². The number of carbonyl (C=O) groups excluding carboxylic acids is 3. The molecule has 6 N–H and O–H groups in total. The van der Waals surface area contributed by atoms with Crippen LogP contribution in [0.3, 0.4) is 0 Å². The van der Waals surface area contributed by atoms with Crippen molar-refractivity contribution in [2.24, 2.45) is 17.6 Å². The zero-order valence-electron chi connectivity index (χ0n) is 23.5. The van der Waals surface area contributed by atoms with Gasteiger partial charge in [-0.3, -0.25) is 19.3 Å². The Morgan fingerprint density at radius 1 is 1.12 bits per heavy atom. The number of rotatable bonds is 13. The van der Waals surface area contributed by atoms with E-state index >= 15 is 0 Å². The van der Waals surface area contributed by atoms with Crippen LogP contribution in [0.4, 0.5) is 0 Å². The summed E-state index contributed by atoms with van der Waals surface area (Å²) in [6.07, 6.45) is 2.08. The number of carbonyl (C=O) groups is 3. The van der Waals surface area contributed by atoms with Gasteiger partial charge in [0.1, 0.15) is 17.1 Å². The average Bonchev–Trinajstić information content (AvgIpc) is 3.45. The van der Waals surface area contributed by atoms with Gasteiger partial charge in [-0.2, -0.15) is 0 Å². The molecule has 1 heterocycles. The van der Waals surface area contributed by atoms with Crippen molar-refractivity contribution in [3.05, 3.63) is 47.0 Å². The molecule has 1 aliphatic heterocycles. The molecule has 0 radical (unpaired) electrons. The maximum Gasteiger partial charge on any atom is 0.224 e. The van der Waals surface area contributed by atoms with Gasteiger partial charge in [-0.05, 0) is 91.9 Å². The number of aliphatic hydroxyl groups excluding tert-OH is 2. The normalized spacial score (nSPS) is 19.4. The predicted molar refractivity (Wildman–Crippen MR) is 151 cm³/mol. The van der Waals surface area contributed by atoms with Crippen LogP contribution < -0.4 is 10.5 Å². The van der Waals surface area contributed by atoms with Crippen molar-refractivity contribution in [3.63, 3.8) is 0 Å². The Balaban J connectivity index is 1.70. The number of benzene rings is 2. The fourth-order valence-corrected chi connectivity index (χ4v) is 6.43. The second-order valence-electron chi connectivity index (χ2n) is 11.3. The first-order valence-corrected chi connectivity index (χ1v) is 14.1. The smallest absolute Gasteiger partial charge is 0.224 e. The molecule has 0 spiro atoms. The van der Waals surface area contributed by atoms with Gasteiger partial charge in [0.25, 0.3) is 0 Å². The first-order chi connectivity index (χ1) is 19.6. The number of hydrogen-bond acceptors (Lipinski definition) is 9. The fraction of sp³-hybridized carbons (Fsp3) is 0.516. The molecule has 0 saturated carbocycles. The van der Waals surface area contributed by atoms with E-state index in [1.807, 2.05) is 12.1 Å². The van der Waals surface area contributed by atoms with Gasteiger partial charge in [-0.1, -0.05) is 12.1 Å². The minimum atomic E-state index is -2.30. The van der Waals surface area contributed by atoms with Crippen LogP contribution in [-0.4, -0.2) is 81.8 Å². The topological polar surface area (TPSA) is 171 Å². The summed E-state index contributed by atoms with van der Waals surface area (Å²) in [5.41, 5.74) is 6.39. The summed E-state index contributed by atoms with van der Waals surface area (Å²) in [5, 5.41) is 41.5. The molecule has 2 aromatic carbocycles. The van der Waals surface area contributed by atoms with E-state index in [1.165, 1.54) is 18.9 Å². The van der Waals surface area contributed by atoms with E-state index in [0.29, 0.717) is 17.7 Å². The standard InChI is InChI=1S/C31H40N2O8/c1-41-27-7-4-19(17-33-9-2-3-10-33)13-23(27)22-5-6-25(36)30-24(22)14-20(15-26(30)37)12-21(8-11-34)31(40,18-35)28(38)16-29(32)39/h4-7,13,20-21,34-36,40H,2-3,8-12,14-18H2,1H3,(H2,32,39)/t20?,21?,31-/m1/s1. The number of fused-ring (bicyclic) bond motifs is 1. The van der Waals surface area contributed by atoms with Crippen LogP contribution in [0.1, 0.15) is 60.0 Å². The van der Waals surface area contributed by atoms with Gasteiger partial charge in [-0.25, -0.2) is 0 Å². The summed E-state index contributed by atoms with van der Waals surface area (Å²) < 4.78 is 5.69. The molecular weight excluding hydrogens is 528 g/mol. The Kier molecular flexibility index (Phi) is 9.80. The largest absolute Gasteiger partial charge is 0.507 e. The van der Waals surface area contributed by atoms with Gasteiger partial charge in [0.15, 0.2) is 11.6 Å². The molecule has 2 aliphatic rings. The van der Waals surface area contributed by atoms with E-state index < -0.39 is 36.2 Å². The predicted octanol–water partition coefficient (Wildman–Crippen LogP) is 1.97. The summed E-state index contributed by atoms with van der Waals surface area (Å²) in [6.45, 7) is 1.56. The van der Waals surface area contributed by atoms with Crippen LogP contribution in [-0.2, 0) is 22.6 Å². The Hall–Kier alpha value is -3.31. The number of phenolic OH excluding ortho intramolecular Hbond substituents is 1. The number of likely N-dealkylation sites (tertiary alicyclic amines) is 1. The van der Waals surface area contributed by atoms with Crippen molar-refractivity contribution >= 4 is 17.5 Å². The summed E-state index contributed by atoms with van der Waals surface area (Å²) in [7, 11) is 1.58. The second kappa shape index (κ2) is 13.1. The van der Waals surface area contributed by atoms with Crippen molar-refractivity contribution in [1.82, 2.24) is 4.90 Å². The van der Waals surface area contributed by atoms with Gasteiger partial charge < -0.3 is 30.9 Å². The molecule has 0 bridgehead atoms. The first-order valence-electron chi connectivity index (χ1n) is 14.1. The highest BCUT2D eigenvalue weighted by molar-refractivity contribution is 6.03. The summed E-state index contributed by atoms with van der Waals surface area (Å²) >= 11 is 0. The number of nitrogens with zero attached hydrogens (tertiary/aromatic N) is 1. The lowest BCUT2D eigenvalue weighted by molar-refractivity contribution is -0.153. The Morgan fingerprint density at radius 3 is 2.49 bits per heavy atom. The first kappa shape index (κ1) is 30.6. The van der Waals surface area contributed by atoms with Gasteiger partial charge >= 0.3 is 0 Å². The molecule has 4 rings (SSSR count). The van der Waals surface area contributed by atoms with Gasteiger partial charge in [0, 0.05) is 25.1 Å². The van der Waals surface area contributed by atoms with Gasteiger partial charge in [-0.15, -0.1) is 0 Å². The SMILES string of the molecule is COc1ccc(CN2CCCC2)cc1-c1ccc(O)c2c1CC(CC(CCO)[C@](O)(CO)C(=O)CC(N)=O)CC2=O. The monoisotopic (exact) mass is 568 g/mol. The molecule has 1 fully saturated rings. The number of nitrogens with two attached hydrogens (primary N) is 1. The van der Waals surface area contributed by atoms with Crippen molar-refractivity contribution in [2.45, 2.75) is 57.1 Å². The molecule has 10 nitrogen and oxygen atoms in total. The molecule has 10 heteroatoms. The number of primary amides is 1. The van der Waals surface area contributed by atoms with Crippen LogP contribution in [0.25, 0.3) is 11.1 Å². The fourth-order valence-electron chi connectivity index (χ4n) is 6.43. The number of methoxy groups -OCH3 is 1. The van der Waals surface area contributed by atoms with Gasteiger partial charge in [0.05, 0.1) is 25.7 Å². The lowest BCUT2D eigenvalue weighted by atomic mass is 9.71. The number of aromatic hydroxyl groups is 1. The summed E-state index contributed by atoms with van der Waals surface area (Å²) in [6, 6.07) is 9.28. The Morgan fingerprint density at radius 2 is 1.85 bits per heavy atom. The van der Waals surface area contributed by atoms with Crippen molar-refractivity contribution in [3.8, 4) is 22.6 Å². The zero-order valence-corrected chi connectivity index (χ0v) is 23.5. The van der Waals surface area contributed by atoms with Crippen molar-refractivity contribution in [2.75, 3.05) is 33.4 Å². The number of aliphatic hydroxyl groups is 3.